The lowest BCUT2D eigenvalue weighted by Gasteiger charge is -2.46. The van der Waals surface area contributed by atoms with E-state index in [-0.39, 0.29) is 11.9 Å². The number of anilines is 2. The molecule has 0 aliphatic carbocycles. The fourth-order valence-corrected chi connectivity index (χ4v) is 5.65. The molecule has 0 amide bonds. The number of carbonyl (C=O) groups is 2. The van der Waals surface area contributed by atoms with E-state index in [1.807, 2.05) is 26.0 Å². The highest BCUT2D eigenvalue weighted by Crippen LogP contribution is 2.42. The summed E-state index contributed by atoms with van der Waals surface area (Å²) in [5, 5.41) is 0. The van der Waals surface area contributed by atoms with Gasteiger partial charge in [-0.05, 0) is 61.1 Å². The van der Waals surface area contributed by atoms with Gasteiger partial charge < -0.3 is 19.3 Å². The van der Waals surface area contributed by atoms with Crippen LogP contribution >= 0.6 is 0 Å². The topological polar surface area (TPSA) is 59.1 Å². The van der Waals surface area contributed by atoms with Crippen LogP contribution in [0.25, 0.3) is 0 Å². The Balaban J connectivity index is 1.48. The number of hydrogen-bond acceptors (Lipinski definition) is 6. The van der Waals surface area contributed by atoms with Crippen LogP contribution in [0.1, 0.15) is 108 Å². The van der Waals surface area contributed by atoms with Crippen molar-refractivity contribution >= 4 is 23.3 Å². The van der Waals surface area contributed by atoms with Crippen molar-refractivity contribution in [2.75, 3.05) is 29.7 Å². The largest absolute Gasteiger partial charge is 0.462 e. The first-order valence-electron chi connectivity index (χ1n) is 14.0. The third kappa shape index (κ3) is 5.94. The Morgan fingerprint density at radius 2 is 1.11 bits per heavy atom. The van der Waals surface area contributed by atoms with Crippen LogP contribution in [0.15, 0.2) is 24.3 Å². The van der Waals surface area contributed by atoms with Gasteiger partial charge in [-0.3, -0.25) is 0 Å². The summed E-state index contributed by atoms with van der Waals surface area (Å²) in [5.41, 5.74) is 7.93. The molecule has 0 unspecified atom stereocenters. The average Bonchev–Trinajstić information content (AvgIpc) is 2.88. The van der Waals surface area contributed by atoms with Gasteiger partial charge >= 0.3 is 11.9 Å². The fraction of sp³-hybridized carbons (Fsp3) is 0.548. The Morgan fingerprint density at radius 1 is 0.676 bits per heavy atom. The summed E-state index contributed by atoms with van der Waals surface area (Å²) in [6, 6.07) is 7.94. The van der Waals surface area contributed by atoms with Crippen molar-refractivity contribution in [3.63, 3.8) is 0 Å². The maximum atomic E-state index is 12.8. The second kappa shape index (κ2) is 12.5. The predicted octanol–water partition coefficient (Wildman–Crippen LogP) is 7.08. The van der Waals surface area contributed by atoms with E-state index in [1.54, 1.807) is 0 Å². The maximum Gasteiger partial charge on any atom is 0.338 e. The Hall–Kier alpha value is -3.02. The molecule has 200 valence electrons. The number of hydrogen-bond donors (Lipinski definition) is 0. The third-order valence-electron chi connectivity index (χ3n) is 7.63. The van der Waals surface area contributed by atoms with Crippen LogP contribution in [0, 0.1) is 13.8 Å². The van der Waals surface area contributed by atoms with E-state index in [0.717, 1.165) is 80.8 Å². The van der Waals surface area contributed by atoms with E-state index in [4.69, 9.17) is 9.47 Å². The standard InChI is InChI=1S/C31H42N2O4/c1-5-7-9-11-17-36-30(34)26-15-13-24-19-33-21-32(28(24)22(26)3)20-25-14-16-27(23(4)29(25)33)31(35)37-18-12-10-8-6-2/h13-16H,5-12,17-21H2,1-4H3. The lowest BCUT2D eigenvalue weighted by molar-refractivity contribution is 0.0487. The molecule has 0 N–H and O–H groups in total. The Kier molecular flexibility index (Phi) is 9.12. The van der Waals surface area contributed by atoms with Crippen LogP contribution in [0.5, 0.6) is 0 Å². The first-order valence-corrected chi connectivity index (χ1v) is 14.0. The summed E-state index contributed by atoms with van der Waals surface area (Å²) in [7, 11) is 0. The molecular weight excluding hydrogens is 464 g/mol. The molecule has 6 heteroatoms. The SMILES string of the molecule is CCCCCCOC(=O)c1ccc2c(c1C)N1Cc3ccc(C(=O)OCCCCCC)c(C)c3N(C2)C1. The molecular formula is C31H42N2O4. The number of benzene rings is 2. The molecule has 4 rings (SSSR count). The smallest absolute Gasteiger partial charge is 0.338 e. The van der Waals surface area contributed by atoms with Gasteiger partial charge in [-0.2, -0.15) is 0 Å². The van der Waals surface area contributed by atoms with Gasteiger partial charge in [0.2, 0.25) is 0 Å². The zero-order valence-corrected chi connectivity index (χ0v) is 23.0. The molecule has 6 nitrogen and oxygen atoms in total. The van der Waals surface area contributed by atoms with Crippen molar-refractivity contribution in [2.45, 2.75) is 92.2 Å². The van der Waals surface area contributed by atoms with Gasteiger partial charge in [0.25, 0.3) is 0 Å². The number of rotatable bonds is 12. The number of fused-ring (bicyclic) bond motifs is 6. The van der Waals surface area contributed by atoms with Crippen molar-refractivity contribution < 1.29 is 19.1 Å². The van der Waals surface area contributed by atoms with Crippen LogP contribution in [0.4, 0.5) is 11.4 Å². The van der Waals surface area contributed by atoms with E-state index < -0.39 is 0 Å². The first kappa shape index (κ1) is 27.0. The zero-order valence-electron chi connectivity index (χ0n) is 23.0. The van der Waals surface area contributed by atoms with Gasteiger partial charge in [-0.25, -0.2) is 9.59 Å². The number of esters is 2. The molecule has 0 saturated carbocycles. The third-order valence-corrected chi connectivity index (χ3v) is 7.63. The maximum absolute atomic E-state index is 12.8. The van der Waals surface area contributed by atoms with E-state index in [1.165, 1.54) is 24.0 Å². The van der Waals surface area contributed by atoms with Crippen LogP contribution in [-0.4, -0.2) is 31.8 Å². The summed E-state index contributed by atoms with van der Waals surface area (Å²) in [6.45, 7) is 11.6. The second-order valence-electron chi connectivity index (χ2n) is 10.4. The number of ether oxygens (including phenoxy) is 2. The Bertz CT molecular complexity index is 1040. The first-order chi connectivity index (χ1) is 18.0. The predicted molar refractivity (Wildman–Crippen MR) is 148 cm³/mol. The van der Waals surface area contributed by atoms with Crippen LogP contribution in [0.2, 0.25) is 0 Å². The zero-order chi connectivity index (χ0) is 26.4. The summed E-state index contributed by atoms with van der Waals surface area (Å²) < 4.78 is 11.2. The van der Waals surface area contributed by atoms with Crippen LogP contribution in [-0.2, 0) is 22.6 Å². The molecule has 2 bridgehead atoms. The highest BCUT2D eigenvalue weighted by molar-refractivity contribution is 5.95. The molecule has 0 atom stereocenters. The monoisotopic (exact) mass is 506 g/mol. The lowest BCUT2D eigenvalue weighted by atomic mass is 9.93. The molecule has 0 spiro atoms. The quantitative estimate of drug-likeness (QED) is 0.227. The molecule has 2 aliphatic rings. The minimum absolute atomic E-state index is 0.231. The average molecular weight is 507 g/mol. The molecule has 2 aromatic carbocycles. The summed E-state index contributed by atoms with van der Waals surface area (Å²) in [5.74, 6) is -0.462. The van der Waals surface area contributed by atoms with E-state index in [9.17, 15) is 9.59 Å². The minimum Gasteiger partial charge on any atom is -0.462 e. The van der Waals surface area contributed by atoms with E-state index >= 15 is 0 Å². The Labute approximate surface area is 221 Å². The highest BCUT2D eigenvalue weighted by atomic mass is 16.5. The van der Waals surface area contributed by atoms with Crippen LogP contribution in [0.3, 0.4) is 0 Å². The molecule has 37 heavy (non-hydrogen) atoms. The fourth-order valence-electron chi connectivity index (χ4n) is 5.65. The van der Waals surface area contributed by atoms with E-state index in [0.29, 0.717) is 24.3 Å². The number of carbonyl (C=O) groups excluding carboxylic acids is 2. The molecule has 0 saturated heterocycles. The van der Waals surface area contributed by atoms with Crippen molar-refractivity contribution in [2.24, 2.45) is 0 Å². The van der Waals surface area contributed by atoms with Gasteiger partial charge in [0, 0.05) is 24.5 Å². The number of nitrogens with zero attached hydrogens (tertiary/aromatic N) is 2. The van der Waals surface area contributed by atoms with Gasteiger partial charge in [-0.15, -0.1) is 0 Å². The van der Waals surface area contributed by atoms with Gasteiger partial charge in [0.1, 0.15) is 0 Å². The Morgan fingerprint density at radius 3 is 1.51 bits per heavy atom. The molecule has 0 aromatic heterocycles. The molecule has 0 radical (unpaired) electrons. The molecule has 2 heterocycles. The lowest BCUT2D eigenvalue weighted by Crippen LogP contribution is -2.47. The van der Waals surface area contributed by atoms with E-state index in [2.05, 4.69) is 35.8 Å². The van der Waals surface area contributed by atoms with Gasteiger partial charge in [-0.1, -0.05) is 64.5 Å². The summed E-state index contributed by atoms with van der Waals surface area (Å²) in [4.78, 5) is 30.3. The van der Waals surface area contributed by atoms with Crippen molar-refractivity contribution in [1.82, 2.24) is 0 Å². The summed E-state index contributed by atoms with van der Waals surface area (Å²) in [6.07, 6.45) is 8.68. The number of unbranched alkanes of at least 4 members (excludes halogenated alkanes) is 6. The molecule has 2 aromatic rings. The second-order valence-corrected chi connectivity index (χ2v) is 10.4. The van der Waals surface area contributed by atoms with Gasteiger partial charge in [0.15, 0.2) is 0 Å². The van der Waals surface area contributed by atoms with Crippen molar-refractivity contribution in [1.29, 1.82) is 0 Å². The minimum atomic E-state index is -0.231. The molecule has 2 aliphatic heterocycles. The van der Waals surface area contributed by atoms with Crippen LogP contribution < -0.4 is 9.80 Å². The highest BCUT2D eigenvalue weighted by Gasteiger charge is 2.33. The van der Waals surface area contributed by atoms with Crippen molar-refractivity contribution in [3.8, 4) is 0 Å². The van der Waals surface area contributed by atoms with Crippen molar-refractivity contribution in [3.05, 3.63) is 57.6 Å². The summed E-state index contributed by atoms with van der Waals surface area (Å²) >= 11 is 0. The van der Waals surface area contributed by atoms with Gasteiger partial charge in [0.05, 0.1) is 31.0 Å². The normalized spacial score (nSPS) is 13.7. The molecule has 0 fully saturated rings.